The Morgan fingerprint density at radius 1 is 1.05 bits per heavy atom. The number of thioether (sulfide) groups is 1. The first kappa shape index (κ1) is 57.6. The van der Waals surface area contributed by atoms with E-state index in [9.17, 15) is 61.2 Å². The fourth-order valence-electron chi connectivity index (χ4n) is 9.11. The van der Waals surface area contributed by atoms with Crippen LogP contribution in [0.2, 0.25) is 5.02 Å². The monoisotopic (exact) mass is 1100 g/mol. The van der Waals surface area contributed by atoms with Crippen molar-refractivity contribution in [2.75, 3.05) is 45.5 Å². The second kappa shape index (κ2) is 23.1. The third-order valence-corrected chi connectivity index (χ3v) is 16.5. The van der Waals surface area contributed by atoms with Gasteiger partial charge in [0, 0.05) is 71.5 Å². The Kier molecular flexibility index (Phi) is 18.0. The number of carbonyl (C=O) groups excluding carboxylic acids is 9. The normalized spacial score (nSPS) is 29.6. The Bertz CT molecular complexity index is 2620. The number of fused-ring (bicyclic) bond motifs is 5. The lowest BCUT2D eigenvalue weighted by Gasteiger charge is -2.42. The zero-order valence-corrected chi connectivity index (χ0v) is 44.3. The third-order valence-electron chi connectivity index (χ3n) is 13.8. The molecule has 24 nitrogen and oxygen atoms in total. The minimum atomic E-state index is -5.09. The number of hydroxylamine groups is 2. The van der Waals surface area contributed by atoms with Crippen molar-refractivity contribution in [3.05, 3.63) is 46.5 Å². The largest absolute Gasteiger partial charge is 0.495 e. The molecule has 7 amide bonds. The van der Waals surface area contributed by atoms with Gasteiger partial charge in [-0.2, -0.15) is 8.42 Å². The summed E-state index contributed by atoms with van der Waals surface area (Å²) in [7, 11) is 0.556. The van der Waals surface area contributed by atoms with Gasteiger partial charge in [0.15, 0.2) is 5.72 Å². The first-order chi connectivity index (χ1) is 34.6. The highest BCUT2D eigenvalue weighted by Gasteiger charge is 2.64. The number of alkyl carbamates (subject to hydrolysis) is 1. The highest BCUT2D eigenvalue weighted by Crippen LogP contribution is 2.49. The molecule has 406 valence electrons. The molecule has 1 aromatic carbocycles. The van der Waals surface area contributed by atoms with E-state index < -0.39 is 148 Å². The number of allylic oxidation sites excluding steroid dienone is 3. The van der Waals surface area contributed by atoms with Crippen LogP contribution in [0.1, 0.15) is 78.2 Å². The predicted molar refractivity (Wildman–Crippen MR) is 260 cm³/mol. The average Bonchev–Trinajstić information content (AvgIpc) is 3.84. The molecule has 0 spiro atoms. The van der Waals surface area contributed by atoms with Crippen LogP contribution in [0.25, 0.3) is 0 Å². The fraction of sp³-hybridized carbons (Fsp3) is 0.596. The van der Waals surface area contributed by atoms with Crippen molar-refractivity contribution < 1.29 is 89.7 Å². The number of epoxide rings is 1. The molecule has 3 N–H and O–H groups in total. The molecule has 5 aliphatic heterocycles. The topological polar surface area (TPSA) is 312 Å². The summed E-state index contributed by atoms with van der Waals surface area (Å²) in [5.41, 5.74) is -1.43. The number of hydrogen-bond acceptors (Lipinski definition) is 19. The molecule has 1 aromatic rings. The lowest BCUT2D eigenvalue weighted by Crippen LogP contribution is -2.63. The van der Waals surface area contributed by atoms with Crippen molar-refractivity contribution in [2.24, 2.45) is 5.92 Å². The second-order valence-corrected chi connectivity index (χ2v) is 22.3. The van der Waals surface area contributed by atoms with Gasteiger partial charge in [0.05, 0.1) is 37.0 Å². The molecule has 74 heavy (non-hydrogen) atoms. The number of benzene rings is 1. The summed E-state index contributed by atoms with van der Waals surface area (Å²) in [4.78, 5) is 125. The number of anilines is 1. The SMILES string of the molecule is COc1cc2cc(c1Cl)N(C)C(=O)C[C@H](OC(=O)[C@@H](C)N(C)C(=O)CCSC1CC(=O)N(CC(CC(=O)ON3C(=O)CCC3=O)S(=O)(=O)O)C1=O)[C@]1(C)O[C@H]1[C@H](C)[C@@H]1C[C@@](O)(NC(=O)O1)[C@H](OC)/C=C/C=C(\C)C2. The van der Waals surface area contributed by atoms with E-state index in [0.717, 1.165) is 27.8 Å². The molecule has 0 aromatic heterocycles. The van der Waals surface area contributed by atoms with Gasteiger partial charge >= 0.3 is 18.0 Å². The van der Waals surface area contributed by atoms with Crippen molar-refractivity contribution in [2.45, 2.75) is 131 Å². The van der Waals surface area contributed by atoms with Crippen LogP contribution in [0.3, 0.4) is 0 Å². The number of nitrogens with zero attached hydrogens (tertiary/aromatic N) is 4. The van der Waals surface area contributed by atoms with E-state index in [4.69, 9.17) is 35.3 Å². The van der Waals surface area contributed by atoms with Crippen molar-refractivity contribution in [3.63, 3.8) is 0 Å². The second-order valence-electron chi connectivity index (χ2n) is 18.9. The number of aliphatic hydroxyl groups is 1. The summed E-state index contributed by atoms with van der Waals surface area (Å²) < 4.78 is 63.5. The molecule has 6 rings (SSSR count). The zero-order chi connectivity index (χ0) is 54.8. The lowest BCUT2D eigenvalue weighted by molar-refractivity contribution is -0.197. The average molecular weight is 1100 g/mol. The van der Waals surface area contributed by atoms with Crippen molar-refractivity contribution in [1.82, 2.24) is 20.2 Å². The zero-order valence-electron chi connectivity index (χ0n) is 41.9. The summed E-state index contributed by atoms with van der Waals surface area (Å²) in [6.07, 6.45) is -2.43. The van der Waals surface area contributed by atoms with E-state index in [2.05, 4.69) is 10.2 Å². The minimum absolute atomic E-state index is 0.0639. The highest BCUT2D eigenvalue weighted by molar-refractivity contribution is 8.00. The van der Waals surface area contributed by atoms with E-state index in [1.165, 1.54) is 40.1 Å². The molecule has 4 bridgehead atoms. The van der Waals surface area contributed by atoms with Crippen LogP contribution in [0, 0.1) is 5.92 Å². The number of likely N-dealkylation sites (tertiary alicyclic amines) is 1. The van der Waals surface area contributed by atoms with Gasteiger partial charge in [-0.1, -0.05) is 42.3 Å². The lowest BCUT2D eigenvalue weighted by atomic mass is 9.83. The maximum absolute atomic E-state index is 14.3. The Hall–Kier alpha value is -5.64. The van der Waals surface area contributed by atoms with Gasteiger partial charge in [-0.25, -0.2) is 14.4 Å². The Morgan fingerprint density at radius 2 is 1.73 bits per heavy atom. The van der Waals surface area contributed by atoms with Crippen LogP contribution in [-0.2, 0) is 78.7 Å². The van der Waals surface area contributed by atoms with E-state index in [1.807, 2.05) is 6.92 Å². The maximum atomic E-state index is 14.3. The summed E-state index contributed by atoms with van der Waals surface area (Å²) in [5.74, 6) is -7.27. The van der Waals surface area contributed by atoms with Crippen LogP contribution in [-0.4, -0.2) is 179 Å². The number of rotatable bonds is 15. The predicted octanol–water partition coefficient (Wildman–Crippen LogP) is 2.02. The van der Waals surface area contributed by atoms with Crippen LogP contribution >= 0.6 is 23.4 Å². The molecule has 10 atom stereocenters. The molecule has 4 fully saturated rings. The van der Waals surface area contributed by atoms with Gasteiger partial charge < -0.3 is 43.4 Å². The smallest absolute Gasteiger partial charge is 0.409 e. The number of amides is 7. The highest BCUT2D eigenvalue weighted by atomic mass is 35.5. The standard InChI is InChI=1S/C47H60ClN5O19S2/c1-24-10-9-11-33(68-8)47(63)22-31(69-45(62)49-47)25(2)42-46(4,71-42)34(21-38(57)51(6)29-17-27(16-24)18-30(67-7)41(29)48)70-44(61)26(3)50(5)35(54)14-15-73-32-20-39(58)52(43(32)60)23-28(74(64,65)66)19-40(59)72-53-36(55)12-13-37(53)56/h9-11,17-18,25-26,28,31-34,42,63H,12-16,19-23H2,1-8H3,(H,49,62)(H,64,65,66)/b11-9+,24-10+/t25-,26-,28?,31+,32?,33-,34+,42+,46+,47+/m1/s1. The summed E-state index contributed by atoms with van der Waals surface area (Å²) in [6, 6.07) is 2.19. The van der Waals surface area contributed by atoms with Gasteiger partial charge in [-0.15, -0.1) is 16.8 Å². The van der Waals surface area contributed by atoms with E-state index in [0.29, 0.717) is 17.0 Å². The molecule has 27 heteroatoms. The molecule has 0 saturated carbocycles. The van der Waals surface area contributed by atoms with Crippen molar-refractivity contribution >= 4 is 92.6 Å². The summed E-state index contributed by atoms with van der Waals surface area (Å²) in [6.45, 7) is 5.65. The van der Waals surface area contributed by atoms with Crippen LogP contribution in [0.5, 0.6) is 5.75 Å². The molecule has 0 aliphatic carbocycles. The number of imide groups is 2. The van der Waals surface area contributed by atoms with Crippen molar-refractivity contribution in [3.8, 4) is 5.75 Å². The Balaban J connectivity index is 1.14. The quantitative estimate of drug-likeness (QED) is 0.0979. The summed E-state index contributed by atoms with van der Waals surface area (Å²) in [5, 5.41) is 11.5. The third kappa shape index (κ3) is 12.9. The fourth-order valence-corrected chi connectivity index (χ4v) is 11.2. The van der Waals surface area contributed by atoms with Gasteiger partial charge in [0.25, 0.3) is 21.9 Å². The van der Waals surface area contributed by atoms with Crippen LogP contribution in [0.4, 0.5) is 10.5 Å². The molecule has 2 unspecified atom stereocenters. The minimum Gasteiger partial charge on any atom is -0.495 e. The Labute approximate surface area is 436 Å². The van der Waals surface area contributed by atoms with Gasteiger partial charge in [0.2, 0.25) is 23.6 Å². The number of likely N-dealkylation sites (N-methyl/N-ethyl adjacent to an activating group) is 1. The number of halogens is 1. The number of esters is 1. The molecular formula is C47H60ClN5O19S2. The summed E-state index contributed by atoms with van der Waals surface area (Å²) >= 11 is 7.68. The molecule has 5 aliphatic rings. The molecular weight excluding hydrogens is 1040 g/mol. The van der Waals surface area contributed by atoms with Gasteiger partial charge in [-0.3, -0.25) is 43.5 Å². The van der Waals surface area contributed by atoms with Crippen LogP contribution in [0.15, 0.2) is 35.9 Å². The molecule has 4 saturated heterocycles. The number of ether oxygens (including phenoxy) is 5. The number of carbonyl (C=O) groups is 9. The molecule has 0 radical (unpaired) electrons. The first-order valence-corrected chi connectivity index (χ1v) is 26.4. The Morgan fingerprint density at radius 3 is 2.36 bits per heavy atom. The molecule has 5 heterocycles. The van der Waals surface area contributed by atoms with E-state index >= 15 is 0 Å². The van der Waals surface area contributed by atoms with Gasteiger partial charge in [-0.05, 0) is 44.9 Å². The van der Waals surface area contributed by atoms with Gasteiger partial charge in [0.1, 0.15) is 46.0 Å². The van der Waals surface area contributed by atoms with Crippen LogP contribution < -0.4 is 15.0 Å². The number of nitrogens with one attached hydrogen (secondary N) is 1. The maximum Gasteiger partial charge on any atom is 0.409 e. The number of hydrogen-bond donors (Lipinski definition) is 3. The van der Waals surface area contributed by atoms with E-state index in [1.54, 1.807) is 44.2 Å². The van der Waals surface area contributed by atoms with E-state index in [-0.39, 0.29) is 47.3 Å². The van der Waals surface area contributed by atoms with Crippen molar-refractivity contribution in [1.29, 1.82) is 0 Å². The first-order valence-electron chi connectivity index (χ1n) is 23.5. The number of methoxy groups -OCH3 is 2.